The van der Waals surface area contributed by atoms with Crippen molar-refractivity contribution in [2.45, 2.75) is 26.2 Å². The molecule has 0 aromatic carbocycles. The van der Waals surface area contributed by atoms with E-state index >= 15 is 0 Å². The molecule has 0 aliphatic carbocycles. The molecule has 1 amide bonds. The third-order valence-corrected chi connectivity index (χ3v) is 2.39. The molecule has 0 aromatic rings. The largest absolute Gasteiger partial charge is 0.463 e. The molecule has 0 spiro atoms. The highest BCUT2D eigenvalue weighted by atomic mass is 16.5. The van der Waals surface area contributed by atoms with Crippen LogP contribution in [0.2, 0.25) is 0 Å². The van der Waals surface area contributed by atoms with Gasteiger partial charge in [-0.05, 0) is 26.2 Å². The Kier molecular flexibility index (Phi) is 4.87. The van der Waals surface area contributed by atoms with Crippen LogP contribution in [0.1, 0.15) is 26.2 Å². The van der Waals surface area contributed by atoms with Gasteiger partial charge in [-0.1, -0.05) is 6.08 Å². The number of hydrogen-bond acceptors (Lipinski definition) is 3. The molecule has 1 rings (SSSR count). The number of carbonyl (C=O) groups is 2. The molecule has 0 radical (unpaired) electrons. The summed E-state index contributed by atoms with van der Waals surface area (Å²) in [6.45, 7) is 2.95. The summed E-state index contributed by atoms with van der Waals surface area (Å²) in [5.41, 5.74) is 0. The standard InChI is InChI=1S/C11H17NO3/c1-2-15-10(13)6-4-3-5-9-7-8-12-11(9)14/h4,6,9H,2-3,5,7-8H2,1H3,(H,12,14)/t9-/m0/s1. The first-order valence-electron chi connectivity index (χ1n) is 5.35. The lowest BCUT2D eigenvalue weighted by molar-refractivity contribution is -0.137. The van der Waals surface area contributed by atoms with Gasteiger partial charge in [0.05, 0.1) is 6.61 Å². The van der Waals surface area contributed by atoms with E-state index in [1.165, 1.54) is 6.08 Å². The van der Waals surface area contributed by atoms with Crippen molar-refractivity contribution in [3.05, 3.63) is 12.2 Å². The van der Waals surface area contributed by atoms with Crippen molar-refractivity contribution in [1.29, 1.82) is 0 Å². The van der Waals surface area contributed by atoms with Gasteiger partial charge in [0.15, 0.2) is 0 Å². The van der Waals surface area contributed by atoms with Crippen molar-refractivity contribution in [2.75, 3.05) is 13.2 Å². The maximum absolute atomic E-state index is 11.2. The fourth-order valence-corrected chi connectivity index (χ4v) is 1.59. The molecule has 1 atom stereocenters. The van der Waals surface area contributed by atoms with Crippen molar-refractivity contribution in [1.82, 2.24) is 5.32 Å². The van der Waals surface area contributed by atoms with Crippen LogP contribution in [-0.2, 0) is 14.3 Å². The van der Waals surface area contributed by atoms with Gasteiger partial charge in [-0.25, -0.2) is 4.79 Å². The Bertz CT molecular complexity index is 261. The fourth-order valence-electron chi connectivity index (χ4n) is 1.59. The molecule has 0 bridgehead atoms. The highest BCUT2D eigenvalue weighted by Crippen LogP contribution is 2.15. The Labute approximate surface area is 89.7 Å². The molecule has 15 heavy (non-hydrogen) atoms. The number of carbonyl (C=O) groups excluding carboxylic acids is 2. The topological polar surface area (TPSA) is 55.4 Å². The summed E-state index contributed by atoms with van der Waals surface area (Å²) in [7, 11) is 0. The lowest BCUT2D eigenvalue weighted by Crippen LogP contribution is -2.18. The van der Waals surface area contributed by atoms with E-state index in [9.17, 15) is 9.59 Å². The molecule has 4 heteroatoms. The lowest BCUT2D eigenvalue weighted by Gasteiger charge is -2.02. The van der Waals surface area contributed by atoms with Crippen molar-refractivity contribution in [2.24, 2.45) is 5.92 Å². The van der Waals surface area contributed by atoms with Crippen LogP contribution in [0.3, 0.4) is 0 Å². The van der Waals surface area contributed by atoms with Crippen LogP contribution in [0.4, 0.5) is 0 Å². The normalized spacial score (nSPS) is 20.6. The maximum atomic E-state index is 11.2. The van der Waals surface area contributed by atoms with E-state index in [-0.39, 0.29) is 17.8 Å². The molecule has 1 aliphatic rings. The molecule has 1 aliphatic heterocycles. The first kappa shape index (κ1) is 11.8. The third-order valence-electron chi connectivity index (χ3n) is 2.39. The van der Waals surface area contributed by atoms with Crippen molar-refractivity contribution in [3.63, 3.8) is 0 Å². The molecule has 84 valence electrons. The van der Waals surface area contributed by atoms with Crippen LogP contribution in [0.25, 0.3) is 0 Å². The summed E-state index contributed by atoms with van der Waals surface area (Å²) in [5, 5.41) is 2.78. The van der Waals surface area contributed by atoms with E-state index < -0.39 is 0 Å². The highest BCUT2D eigenvalue weighted by Gasteiger charge is 2.22. The van der Waals surface area contributed by atoms with Gasteiger partial charge in [0.1, 0.15) is 0 Å². The minimum absolute atomic E-state index is 0.122. The maximum Gasteiger partial charge on any atom is 0.330 e. The molecule has 1 fully saturated rings. The molecule has 0 unspecified atom stereocenters. The number of hydrogen-bond donors (Lipinski definition) is 1. The monoisotopic (exact) mass is 211 g/mol. The van der Waals surface area contributed by atoms with E-state index in [1.807, 2.05) is 0 Å². The van der Waals surface area contributed by atoms with E-state index in [2.05, 4.69) is 5.32 Å². The molecule has 0 aromatic heterocycles. The van der Waals surface area contributed by atoms with Crippen LogP contribution in [-0.4, -0.2) is 25.0 Å². The van der Waals surface area contributed by atoms with Crippen molar-refractivity contribution >= 4 is 11.9 Å². The SMILES string of the molecule is CCOC(=O)C=CCC[C@H]1CCNC1=O. The van der Waals surface area contributed by atoms with E-state index in [0.29, 0.717) is 6.61 Å². The summed E-state index contributed by atoms with van der Waals surface area (Å²) in [6, 6.07) is 0. The molecule has 1 N–H and O–H groups in total. The molecule has 1 heterocycles. The second kappa shape index (κ2) is 6.22. The third kappa shape index (κ3) is 4.14. The highest BCUT2D eigenvalue weighted by molar-refractivity contribution is 5.82. The summed E-state index contributed by atoms with van der Waals surface area (Å²) in [5.74, 6) is -0.0512. The van der Waals surface area contributed by atoms with Crippen molar-refractivity contribution in [3.8, 4) is 0 Å². The van der Waals surface area contributed by atoms with Gasteiger partial charge >= 0.3 is 5.97 Å². The number of ether oxygens (including phenoxy) is 1. The molecular weight excluding hydrogens is 194 g/mol. The average molecular weight is 211 g/mol. The minimum atomic E-state index is -0.312. The van der Waals surface area contributed by atoms with Crippen molar-refractivity contribution < 1.29 is 14.3 Å². The lowest BCUT2D eigenvalue weighted by atomic mass is 10.0. The molecule has 4 nitrogen and oxygen atoms in total. The summed E-state index contributed by atoms with van der Waals surface area (Å²) in [6.07, 6.45) is 5.66. The van der Waals surface area contributed by atoms with E-state index in [0.717, 1.165) is 25.8 Å². The summed E-state index contributed by atoms with van der Waals surface area (Å²) < 4.78 is 4.73. The Hall–Kier alpha value is -1.32. The van der Waals surface area contributed by atoms with E-state index in [1.54, 1.807) is 13.0 Å². The van der Waals surface area contributed by atoms with Crippen LogP contribution in [0.15, 0.2) is 12.2 Å². The Balaban J connectivity index is 2.15. The number of nitrogens with one attached hydrogen (secondary N) is 1. The second-order valence-corrected chi connectivity index (χ2v) is 3.51. The Morgan fingerprint density at radius 3 is 3.07 bits per heavy atom. The molecule has 0 saturated carbocycles. The van der Waals surface area contributed by atoms with Gasteiger partial charge in [0.25, 0.3) is 0 Å². The second-order valence-electron chi connectivity index (χ2n) is 3.51. The average Bonchev–Trinajstić information content (AvgIpc) is 2.60. The first-order valence-corrected chi connectivity index (χ1v) is 5.35. The smallest absolute Gasteiger partial charge is 0.330 e. The van der Waals surface area contributed by atoms with Gasteiger partial charge < -0.3 is 10.1 Å². The number of amides is 1. The zero-order valence-corrected chi connectivity index (χ0v) is 8.99. The summed E-state index contributed by atoms with van der Waals surface area (Å²) >= 11 is 0. The fraction of sp³-hybridized carbons (Fsp3) is 0.636. The zero-order valence-electron chi connectivity index (χ0n) is 8.99. The number of esters is 1. The Morgan fingerprint density at radius 1 is 1.67 bits per heavy atom. The van der Waals surface area contributed by atoms with Gasteiger partial charge in [-0.3, -0.25) is 4.79 Å². The van der Waals surface area contributed by atoms with Gasteiger partial charge in [0, 0.05) is 18.5 Å². The van der Waals surface area contributed by atoms with Crippen LogP contribution < -0.4 is 5.32 Å². The molecule has 1 saturated heterocycles. The predicted octanol–water partition coefficient (Wildman–Crippen LogP) is 1.02. The van der Waals surface area contributed by atoms with Crippen LogP contribution >= 0.6 is 0 Å². The van der Waals surface area contributed by atoms with Crippen LogP contribution in [0, 0.1) is 5.92 Å². The van der Waals surface area contributed by atoms with Gasteiger partial charge in [-0.2, -0.15) is 0 Å². The zero-order chi connectivity index (χ0) is 11.1. The summed E-state index contributed by atoms with van der Waals surface area (Å²) in [4.78, 5) is 22.1. The van der Waals surface area contributed by atoms with E-state index in [4.69, 9.17) is 4.74 Å². The first-order chi connectivity index (χ1) is 7.24. The van der Waals surface area contributed by atoms with Gasteiger partial charge in [-0.15, -0.1) is 0 Å². The quantitative estimate of drug-likeness (QED) is 0.545. The number of allylic oxidation sites excluding steroid dienone is 1. The molecular formula is C11H17NO3. The minimum Gasteiger partial charge on any atom is -0.463 e. The predicted molar refractivity (Wildman–Crippen MR) is 56.1 cm³/mol. The number of rotatable bonds is 5. The van der Waals surface area contributed by atoms with Crippen LogP contribution in [0.5, 0.6) is 0 Å². The van der Waals surface area contributed by atoms with Gasteiger partial charge in [0.2, 0.25) is 5.91 Å². The Morgan fingerprint density at radius 2 is 2.47 bits per heavy atom.